The first-order valence-corrected chi connectivity index (χ1v) is 6.21. The number of amides is 1. The van der Waals surface area contributed by atoms with E-state index in [0.29, 0.717) is 30.6 Å². The van der Waals surface area contributed by atoms with E-state index in [1.54, 1.807) is 4.90 Å². The highest BCUT2D eigenvalue weighted by atomic mass is 35.5. The lowest BCUT2D eigenvalue weighted by Gasteiger charge is -2.30. The van der Waals surface area contributed by atoms with Crippen molar-refractivity contribution in [3.05, 3.63) is 29.8 Å². The number of nitrogens with zero attached hydrogens (tertiary/aromatic N) is 2. The molecule has 5 heteroatoms. The molecular formula is C12H14ClFN2O. The highest BCUT2D eigenvalue weighted by Crippen LogP contribution is 2.19. The Hall–Kier alpha value is -1.16. The van der Waals surface area contributed by atoms with Crippen molar-refractivity contribution in [2.24, 2.45) is 5.92 Å². The van der Waals surface area contributed by atoms with Crippen molar-refractivity contribution in [3.63, 3.8) is 0 Å². The van der Waals surface area contributed by atoms with E-state index in [2.05, 4.69) is 4.98 Å². The highest BCUT2D eigenvalue weighted by Gasteiger charge is 2.23. The molecule has 1 aromatic heterocycles. The van der Waals surface area contributed by atoms with Gasteiger partial charge in [-0.1, -0.05) is 0 Å². The first-order valence-electron chi connectivity index (χ1n) is 5.67. The first-order chi connectivity index (χ1) is 8.20. The Morgan fingerprint density at radius 2 is 2.18 bits per heavy atom. The fraction of sp³-hybridized carbons (Fsp3) is 0.500. The summed E-state index contributed by atoms with van der Waals surface area (Å²) >= 11 is 5.78. The number of alkyl halides is 1. The van der Waals surface area contributed by atoms with Crippen LogP contribution in [0, 0.1) is 11.7 Å². The molecule has 1 aliphatic heterocycles. The molecule has 3 nitrogen and oxygen atoms in total. The van der Waals surface area contributed by atoms with E-state index in [1.165, 1.54) is 12.1 Å². The number of piperidine rings is 1. The summed E-state index contributed by atoms with van der Waals surface area (Å²) < 4.78 is 12.7. The van der Waals surface area contributed by atoms with Crippen LogP contribution in [-0.4, -0.2) is 34.8 Å². The maximum Gasteiger partial charge on any atom is 0.272 e. The maximum absolute atomic E-state index is 12.7. The third-order valence-corrected chi connectivity index (χ3v) is 3.50. The largest absolute Gasteiger partial charge is 0.337 e. The van der Waals surface area contributed by atoms with Crippen LogP contribution < -0.4 is 0 Å². The van der Waals surface area contributed by atoms with Gasteiger partial charge in [-0.3, -0.25) is 4.79 Å². The van der Waals surface area contributed by atoms with Crippen LogP contribution in [0.5, 0.6) is 0 Å². The molecule has 0 aromatic carbocycles. The second-order valence-electron chi connectivity index (χ2n) is 4.25. The number of aromatic nitrogens is 1. The Morgan fingerprint density at radius 3 is 2.71 bits per heavy atom. The van der Waals surface area contributed by atoms with Crippen molar-refractivity contribution in [1.82, 2.24) is 9.88 Å². The van der Waals surface area contributed by atoms with Crippen LogP contribution in [-0.2, 0) is 0 Å². The van der Waals surface area contributed by atoms with Gasteiger partial charge in [-0.25, -0.2) is 9.37 Å². The normalized spacial score (nSPS) is 17.2. The van der Waals surface area contributed by atoms with Gasteiger partial charge in [0.1, 0.15) is 11.5 Å². The van der Waals surface area contributed by atoms with Crippen molar-refractivity contribution in [3.8, 4) is 0 Å². The molecule has 0 aliphatic carbocycles. The van der Waals surface area contributed by atoms with E-state index < -0.39 is 5.82 Å². The molecule has 0 radical (unpaired) electrons. The molecule has 0 bridgehead atoms. The summed E-state index contributed by atoms with van der Waals surface area (Å²) in [5.74, 6) is 0.596. The van der Waals surface area contributed by atoms with Gasteiger partial charge in [0.05, 0.1) is 6.20 Å². The highest BCUT2D eigenvalue weighted by molar-refractivity contribution is 6.18. The molecule has 1 aliphatic rings. The van der Waals surface area contributed by atoms with E-state index in [0.717, 1.165) is 19.0 Å². The Labute approximate surface area is 105 Å². The average molecular weight is 257 g/mol. The number of hydrogen-bond acceptors (Lipinski definition) is 2. The quantitative estimate of drug-likeness (QED) is 0.761. The number of carbonyl (C=O) groups excluding carboxylic acids is 1. The molecule has 1 aromatic rings. The summed E-state index contributed by atoms with van der Waals surface area (Å²) in [5, 5.41) is 0. The fourth-order valence-electron chi connectivity index (χ4n) is 1.95. The van der Waals surface area contributed by atoms with Gasteiger partial charge in [-0.15, -0.1) is 11.6 Å². The molecule has 2 heterocycles. The molecule has 0 saturated carbocycles. The zero-order chi connectivity index (χ0) is 12.3. The fourth-order valence-corrected chi connectivity index (χ4v) is 2.26. The molecule has 1 saturated heterocycles. The Bertz CT molecular complexity index is 388. The lowest BCUT2D eigenvalue weighted by Crippen LogP contribution is -2.39. The second kappa shape index (κ2) is 5.45. The molecule has 0 spiro atoms. The van der Waals surface area contributed by atoms with Crippen molar-refractivity contribution >= 4 is 17.5 Å². The van der Waals surface area contributed by atoms with Crippen molar-refractivity contribution in [2.75, 3.05) is 19.0 Å². The standard InChI is InChI=1S/C12H14ClFN2O/c13-7-9-3-5-16(6-4-9)12(17)11-2-1-10(14)8-15-11/h1-2,8-9H,3-7H2. The number of rotatable bonds is 2. The van der Waals surface area contributed by atoms with Gasteiger partial charge in [0, 0.05) is 19.0 Å². The van der Waals surface area contributed by atoms with Gasteiger partial charge in [0.15, 0.2) is 0 Å². The van der Waals surface area contributed by atoms with Crippen LogP contribution in [0.4, 0.5) is 4.39 Å². The summed E-state index contributed by atoms with van der Waals surface area (Å²) in [4.78, 5) is 17.6. The first kappa shape index (κ1) is 12.3. The maximum atomic E-state index is 12.7. The predicted octanol–water partition coefficient (Wildman–Crippen LogP) is 2.31. The van der Waals surface area contributed by atoms with E-state index >= 15 is 0 Å². The molecule has 1 fully saturated rings. The van der Waals surface area contributed by atoms with E-state index in [-0.39, 0.29) is 5.91 Å². The van der Waals surface area contributed by atoms with Crippen molar-refractivity contribution in [1.29, 1.82) is 0 Å². The molecular weight excluding hydrogens is 243 g/mol. The molecule has 0 atom stereocenters. The van der Waals surface area contributed by atoms with Crippen LogP contribution in [0.15, 0.2) is 18.3 Å². The van der Waals surface area contributed by atoms with E-state index in [1.807, 2.05) is 0 Å². The summed E-state index contributed by atoms with van der Waals surface area (Å²) in [5.41, 5.74) is 0.302. The summed E-state index contributed by atoms with van der Waals surface area (Å²) in [6.07, 6.45) is 2.92. The number of hydrogen-bond donors (Lipinski definition) is 0. The third kappa shape index (κ3) is 2.94. The van der Waals surface area contributed by atoms with Crippen molar-refractivity contribution < 1.29 is 9.18 Å². The monoisotopic (exact) mass is 256 g/mol. The van der Waals surface area contributed by atoms with Crippen molar-refractivity contribution in [2.45, 2.75) is 12.8 Å². The van der Waals surface area contributed by atoms with E-state index in [9.17, 15) is 9.18 Å². The number of carbonyl (C=O) groups is 1. The predicted molar refractivity (Wildman–Crippen MR) is 63.5 cm³/mol. The molecule has 0 unspecified atom stereocenters. The summed E-state index contributed by atoms with van der Waals surface area (Å²) in [7, 11) is 0. The molecule has 2 rings (SSSR count). The Morgan fingerprint density at radius 1 is 1.47 bits per heavy atom. The minimum Gasteiger partial charge on any atom is -0.337 e. The van der Waals surface area contributed by atoms with Gasteiger partial charge >= 0.3 is 0 Å². The van der Waals surface area contributed by atoms with Crippen LogP contribution in [0.1, 0.15) is 23.3 Å². The van der Waals surface area contributed by atoms with Gasteiger partial charge in [0.25, 0.3) is 5.91 Å². The van der Waals surface area contributed by atoms with Gasteiger partial charge in [-0.2, -0.15) is 0 Å². The zero-order valence-corrected chi connectivity index (χ0v) is 10.2. The molecule has 0 N–H and O–H groups in total. The molecule has 1 amide bonds. The van der Waals surface area contributed by atoms with Gasteiger partial charge in [-0.05, 0) is 30.9 Å². The third-order valence-electron chi connectivity index (χ3n) is 3.07. The molecule has 17 heavy (non-hydrogen) atoms. The number of pyridine rings is 1. The Balaban J connectivity index is 1.99. The summed E-state index contributed by atoms with van der Waals surface area (Å²) in [6.45, 7) is 1.41. The summed E-state index contributed by atoms with van der Waals surface area (Å²) in [6, 6.07) is 2.68. The van der Waals surface area contributed by atoms with E-state index in [4.69, 9.17) is 11.6 Å². The van der Waals surface area contributed by atoms with Crippen LogP contribution >= 0.6 is 11.6 Å². The molecule has 92 valence electrons. The lowest BCUT2D eigenvalue weighted by molar-refractivity contribution is 0.0692. The number of likely N-dealkylation sites (tertiary alicyclic amines) is 1. The zero-order valence-electron chi connectivity index (χ0n) is 9.40. The van der Waals surface area contributed by atoms with Crippen LogP contribution in [0.2, 0.25) is 0 Å². The van der Waals surface area contributed by atoms with Gasteiger partial charge in [0.2, 0.25) is 0 Å². The number of halogens is 2. The minimum atomic E-state index is -0.428. The van der Waals surface area contributed by atoms with Crippen LogP contribution in [0.25, 0.3) is 0 Å². The Kier molecular flexibility index (Phi) is 3.94. The smallest absolute Gasteiger partial charge is 0.272 e. The minimum absolute atomic E-state index is 0.127. The van der Waals surface area contributed by atoms with Gasteiger partial charge < -0.3 is 4.90 Å². The van der Waals surface area contributed by atoms with Crippen LogP contribution in [0.3, 0.4) is 0 Å². The second-order valence-corrected chi connectivity index (χ2v) is 4.56. The topological polar surface area (TPSA) is 33.2 Å². The SMILES string of the molecule is O=C(c1ccc(F)cn1)N1CCC(CCl)CC1. The lowest BCUT2D eigenvalue weighted by atomic mass is 9.99. The average Bonchev–Trinajstić information content (AvgIpc) is 2.39.